The van der Waals surface area contributed by atoms with E-state index in [1.165, 1.54) is 0 Å². The fourth-order valence-corrected chi connectivity index (χ4v) is 2.39. The molecular weight excluding hydrogens is 230 g/mol. The lowest BCUT2D eigenvalue weighted by molar-refractivity contribution is -0.126. The minimum atomic E-state index is -0.232. The molecule has 96 valence electrons. The van der Waals surface area contributed by atoms with Gasteiger partial charge < -0.3 is 0 Å². The van der Waals surface area contributed by atoms with Gasteiger partial charge in [-0.2, -0.15) is 0 Å². The number of hydrogen-bond acceptors (Lipinski definition) is 3. The molecule has 0 N–H and O–H groups in total. The Labute approximate surface area is 108 Å². The van der Waals surface area contributed by atoms with Crippen LogP contribution in [-0.2, 0) is 16.6 Å². The van der Waals surface area contributed by atoms with Gasteiger partial charge in [0.2, 0.25) is 0 Å². The third-order valence-electron chi connectivity index (χ3n) is 2.72. The third-order valence-corrected chi connectivity index (χ3v) is 3.63. The highest BCUT2D eigenvalue weighted by atomic mass is 32.1. The van der Waals surface area contributed by atoms with E-state index >= 15 is 0 Å². The predicted molar refractivity (Wildman–Crippen MR) is 73.6 cm³/mol. The topological polar surface area (TPSA) is 30.0 Å². The van der Waals surface area contributed by atoms with Crippen molar-refractivity contribution in [2.24, 2.45) is 5.41 Å². The maximum Gasteiger partial charge on any atom is 0.138 e. The first-order valence-corrected chi connectivity index (χ1v) is 6.97. The van der Waals surface area contributed by atoms with E-state index in [0.29, 0.717) is 12.2 Å². The van der Waals surface area contributed by atoms with Gasteiger partial charge in [-0.25, -0.2) is 4.98 Å². The number of hydrogen-bond donors (Lipinski definition) is 0. The normalized spacial score (nSPS) is 12.8. The van der Waals surface area contributed by atoms with Crippen molar-refractivity contribution in [2.75, 3.05) is 0 Å². The summed E-state index contributed by atoms with van der Waals surface area (Å²) in [5.74, 6) is 0.310. The average Bonchev–Trinajstić information content (AvgIpc) is 2.59. The van der Waals surface area contributed by atoms with Crippen molar-refractivity contribution >= 4 is 17.1 Å². The van der Waals surface area contributed by atoms with Crippen LogP contribution in [0.3, 0.4) is 0 Å². The molecule has 0 aromatic carbocycles. The monoisotopic (exact) mass is 253 g/mol. The van der Waals surface area contributed by atoms with Gasteiger partial charge >= 0.3 is 0 Å². The number of aryl methyl sites for hydroxylation is 1. The average molecular weight is 253 g/mol. The van der Waals surface area contributed by atoms with Gasteiger partial charge in [-0.1, -0.05) is 41.5 Å². The van der Waals surface area contributed by atoms with Gasteiger partial charge in [-0.05, 0) is 0 Å². The zero-order valence-electron chi connectivity index (χ0n) is 11.8. The highest BCUT2D eigenvalue weighted by Crippen LogP contribution is 2.25. The summed E-state index contributed by atoms with van der Waals surface area (Å²) in [7, 11) is 0. The van der Waals surface area contributed by atoms with E-state index in [0.717, 1.165) is 17.1 Å². The van der Waals surface area contributed by atoms with Crippen LogP contribution in [0.4, 0.5) is 0 Å². The van der Waals surface area contributed by atoms with Gasteiger partial charge in [-0.15, -0.1) is 11.3 Å². The minimum Gasteiger partial charge on any atom is -0.299 e. The van der Waals surface area contributed by atoms with E-state index in [9.17, 15) is 4.79 Å². The van der Waals surface area contributed by atoms with E-state index in [-0.39, 0.29) is 10.8 Å². The van der Waals surface area contributed by atoms with Gasteiger partial charge in [0.05, 0.1) is 10.7 Å². The molecule has 0 amide bonds. The number of thiazole rings is 1. The van der Waals surface area contributed by atoms with Crippen molar-refractivity contribution < 1.29 is 4.79 Å². The predicted octanol–water partition coefficient (Wildman–Crippen LogP) is 3.99. The zero-order chi connectivity index (χ0) is 13.3. The Morgan fingerprint density at radius 3 is 2.24 bits per heavy atom. The molecule has 0 aliphatic rings. The summed E-state index contributed by atoms with van der Waals surface area (Å²) < 4.78 is 0. The number of nitrogens with zero attached hydrogens (tertiary/aromatic N) is 1. The molecule has 0 saturated heterocycles. The molecule has 3 heteroatoms. The third kappa shape index (κ3) is 4.23. The Balaban J connectivity index is 2.60. The Morgan fingerprint density at radius 1 is 1.24 bits per heavy atom. The smallest absolute Gasteiger partial charge is 0.138 e. The molecule has 0 unspecified atom stereocenters. The minimum absolute atomic E-state index is 0.1000. The van der Waals surface area contributed by atoms with E-state index in [4.69, 9.17) is 0 Å². The lowest BCUT2D eigenvalue weighted by Gasteiger charge is -2.16. The van der Waals surface area contributed by atoms with Crippen LogP contribution in [0.25, 0.3) is 0 Å². The van der Waals surface area contributed by atoms with Crippen molar-refractivity contribution in [3.63, 3.8) is 0 Å². The molecule has 1 aromatic rings. The Kier molecular flexibility index (Phi) is 4.13. The van der Waals surface area contributed by atoms with E-state index in [1.807, 2.05) is 20.8 Å². The van der Waals surface area contributed by atoms with Crippen molar-refractivity contribution in [3.8, 4) is 0 Å². The molecule has 17 heavy (non-hydrogen) atoms. The molecule has 0 fully saturated rings. The van der Waals surface area contributed by atoms with Gasteiger partial charge in [0.25, 0.3) is 0 Å². The van der Waals surface area contributed by atoms with Crippen LogP contribution in [0, 0.1) is 5.41 Å². The molecule has 2 nitrogen and oxygen atoms in total. The Morgan fingerprint density at radius 2 is 1.82 bits per heavy atom. The van der Waals surface area contributed by atoms with Crippen LogP contribution < -0.4 is 0 Å². The van der Waals surface area contributed by atoms with Crippen LogP contribution in [-0.4, -0.2) is 10.8 Å². The van der Waals surface area contributed by atoms with Crippen molar-refractivity contribution in [3.05, 3.63) is 16.1 Å². The second kappa shape index (κ2) is 4.89. The van der Waals surface area contributed by atoms with E-state index in [1.54, 1.807) is 11.3 Å². The van der Waals surface area contributed by atoms with Crippen LogP contribution in [0.15, 0.2) is 5.38 Å². The van der Waals surface area contributed by atoms with Crippen LogP contribution in [0.5, 0.6) is 0 Å². The lowest BCUT2D eigenvalue weighted by atomic mass is 9.88. The first-order chi connectivity index (χ1) is 7.60. The molecule has 1 aromatic heterocycles. The number of rotatable bonds is 3. The molecule has 0 aliphatic heterocycles. The largest absolute Gasteiger partial charge is 0.299 e. The summed E-state index contributed by atoms with van der Waals surface area (Å²) >= 11 is 1.67. The van der Waals surface area contributed by atoms with Gasteiger partial charge in [0, 0.05) is 29.1 Å². The summed E-state index contributed by atoms with van der Waals surface area (Å²) in [4.78, 5) is 16.4. The zero-order valence-corrected chi connectivity index (χ0v) is 12.6. The van der Waals surface area contributed by atoms with E-state index in [2.05, 4.69) is 31.1 Å². The van der Waals surface area contributed by atoms with Gasteiger partial charge in [0.15, 0.2) is 0 Å². The Hall–Kier alpha value is -0.700. The second-order valence-corrected chi connectivity index (χ2v) is 7.49. The number of carbonyl (C=O) groups excluding carboxylic acids is 1. The van der Waals surface area contributed by atoms with Gasteiger partial charge in [-0.3, -0.25) is 4.79 Å². The SMILES string of the molecule is CC(C)(C)C(=O)CCc1nc(C(C)(C)C)cs1. The quantitative estimate of drug-likeness (QED) is 0.815. The molecule has 1 rings (SSSR count). The van der Waals surface area contributed by atoms with E-state index < -0.39 is 0 Å². The van der Waals surface area contributed by atoms with Crippen LogP contribution in [0.1, 0.15) is 58.7 Å². The summed E-state index contributed by atoms with van der Waals surface area (Å²) in [5, 5.41) is 3.18. The van der Waals surface area contributed by atoms with Crippen molar-refractivity contribution in [1.82, 2.24) is 4.98 Å². The Bertz CT molecular complexity index is 393. The molecule has 0 bridgehead atoms. The highest BCUT2D eigenvalue weighted by molar-refractivity contribution is 7.09. The summed E-state index contributed by atoms with van der Waals surface area (Å²) in [6.07, 6.45) is 1.37. The number of ketones is 1. The molecule has 0 aliphatic carbocycles. The molecule has 0 atom stereocenters. The summed E-state index contributed by atoms with van der Waals surface area (Å²) in [6.45, 7) is 12.4. The molecular formula is C14H23NOS. The number of aromatic nitrogens is 1. The first kappa shape index (κ1) is 14.4. The maximum absolute atomic E-state index is 11.8. The molecule has 0 saturated carbocycles. The highest BCUT2D eigenvalue weighted by Gasteiger charge is 2.22. The van der Waals surface area contributed by atoms with Crippen molar-refractivity contribution in [2.45, 2.75) is 59.8 Å². The van der Waals surface area contributed by atoms with Crippen LogP contribution in [0.2, 0.25) is 0 Å². The fourth-order valence-electron chi connectivity index (χ4n) is 1.37. The molecule has 0 spiro atoms. The summed E-state index contributed by atoms with van der Waals surface area (Å²) in [5.41, 5.74) is 0.994. The number of carbonyl (C=O) groups is 1. The van der Waals surface area contributed by atoms with Crippen molar-refractivity contribution in [1.29, 1.82) is 0 Å². The standard InChI is InChI=1S/C14H23NOS/c1-13(2,3)10-9-17-12(15-10)8-7-11(16)14(4,5)6/h9H,7-8H2,1-6H3. The second-order valence-electron chi connectivity index (χ2n) is 6.55. The fraction of sp³-hybridized carbons (Fsp3) is 0.714. The maximum atomic E-state index is 11.8. The number of Topliss-reactive ketones (excluding diaryl/α,β-unsaturated/α-hetero) is 1. The molecule has 0 radical (unpaired) electrons. The van der Waals surface area contributed by atoms with Gasteiger partial charge in [0.1, 0.15) is 5.78 Å². The summed E-state index contributed by atoms with van der Waals surface area (Å²) in [6, 6.07) is 0. The van der Waals surface area contributed by atoms with Crippen LogP contribution >= 0.6 is 11.3 Å². The molecule has 1 heterocycles. The lowest BCUT2D eigenvalue weighted by Crippen LogP contribution is -2.20. The first-order valence-electron chi connectivity index (χ1n) is 6.09.